The summed E-state index contributed by atoms with van der Waals surface area (Å²) in [5, 5.41) is 9.01. The Morgan fingerprint density at radius 3 is 2.63 bits per heavy atom. The Hall–Kier alpha value is -3.40. The second kappa shape index (κ2) is 11.8. The Bertz CT molecular complexity index is 1160. The number of carbonyl (C=O) groups is 2. The van der Waals surface area contributed by atoms with Gasteiger partial charge in [-0.2, -0.15) is 0 Å². The molecular weight excluding hydrogens is 471 g/mol. The fourth-order valence-electron chi connectivity index (χ4n) is 3.95. The molecule has 10 heteroatoms. The van der Waals surface area contributed by atoms with Gasteiger partial charge >= 0.3 is 5.97 Å². The summed E-state index contributed by atoms with van der Waals surface area (Å²) in [6.07, 6.45) is 2.34. The standard InChI is InChI=1S/C25H27FN4O4S/c1-2-33-24(32)20-13-8-9-15-29(20)23(31)17-35-25-28-27-22(30(25)18-10-4-3-5-11-18)16-34-21-14-7-6-12-19(21)26/h3-7,10-12,14,20H,2,8-9,13,15-17H2,1H3/t20-/m0/s1. The summed E-state index contributed by atoms with van der Waals surface area (Å²) in [7, 11) is 0. The van der Waals surface area contributed by atoms with Crippen molar-refractivity contribution in [1.29, 1.82) is 0 Å². The van der Waals surface area contributed by atoms with Crippen LogP contribution in [0.1, 0.15) is 32.0 Å². The van der Waals surface area contributed by atoms with Crippen molar-refractivity contribution in [3.05, 3.63) is 66.2 Å². The molecule has 1 aliphatic heterocycles. The maximum absolute atomic E-state index is 14.0. The number of hydrogen-bond donors (Lipinski definition) is 0. The Balaban J connectivity index is 1.50. The van der Waals surface area contributed by atoms with Crippen molar-refractivity contribution in [1.82, 2.24) is 19.7 Å². The molecule has 1 atom stereocenters. The normalized spacial score (nSPS) is 15.6. The van der Waals surface area contributed by atoms with Gasteiger partial charge in [-0.1, -0.05) is 42.1 Å². The second-order valence-electron chi connectivity index (χ2n) is 7.93. The van der Waals surface area contributed by atoms with E-state index in [0.29, 0.717) is 23.9 Å². The fraction of sp³-hybridized carbons (Fsp3) is 0.360. The average Bonchev–Trinajstić information content (AvgIpc) is 3.30. The lowest BCUT2D eigenvalue weighted by molar-refractivity contribution is -0.155. The summed E-state index contributed by atoms with van der Waals surface area (Å²) < 4.78 is 26.6. The molecule has 2 aromatic carbocycles. The number of nitrogens with zero attached hydrogens (tertiary/aromatic N) is 4. The molecule has 0 radical (unpaired) electrons. The van der Waals surface area contributed by atoms with Crippen LogP contribution in [0.5, 0.6) is 5.75 Å². The maximum atomic E-state index is 14.0. The van der Waals surface area contributed by atoms with Crippen LogP contribution in [0.4, 0.5) is 4.39 Å². The quantitative estimate of drug-likeness (QED) is 0.325. The van der Waals surface area contributed by atoms with Crippen molar-refractivity contribution in [3.8, 4) is 11.4 Å². The van der Waals surface area contributed by atoms with Gasteiger partial charge in [0.1, 0.15) is 12.6 Å². The van der Waals surface area contributed by atoms with Gasteiger partial charge in [-0.3, -0.25) is 9.36 Å². The van der Waals surface area contributed by atoms with Crippen LogP contribution in [0.2, 0.25) is 0 Å². The van der Waals surface area contributed by atoms with Crippen LogP contribution in [0.25, 0.3) is 5.69 Å². The Kier molecular flexibility index (Phi) is 8.36. The van der Waals surface area contributed by atoms with E-state index in [1.54, 1.807) is 34.6 Å². The highest BCUT2D eigenvalue weighted by Crippen LogP contribution is 2.26. The molecule has 0 N–H and O–H groups in total. The number of likely N-dealkylation sites (tertiary alicyclic amines) is 1. The minimum Gasteiger partial charge on any atom is -0.483 e. The van der Waals surface area contributed by atoms with E-state index < -0.39 is 11.9 Å². The molecule has 0 aliphatic carbocycles. The highest BCUT2D eigenvalue weighted by atomic mass is 32.2. The topological polar surface area (TPSA) is 86.6 Å². The van der Waals surface area contributed by atoms with Crippen molar-refractivity contribution < 1.29 is 23.5 Å². The van der Waals surface area contributed by atoms with Crippen LogP contribution in [-0.2, 0) is 20.9 Å². The smallest absolute Gasteiger partial charge is 0.328 e. The van der Waals surface area contributed by atoms with Crippen LogP contribution in [0.15, 0.2) is 59.8 Å². The molecule has 1 fully saturated rings. The maximum Gasteiger partial charge on any atom is 0.328 e. The van der Waals surface area contributed by atoms with Gasteiger partial charge in [0.25, 0.3) is 0 Å². The molecule has 1 aliphatic rings. The zero-order chi connectivity index (χ0) is 24.6. The lowest BCUT2D eigenvalue weighted by Crippen LogP contribution is -2.49. The number of halogens is 1. The number of amides is 1. The number of para-hydroxylation sites is 2. The zero-order valence-corrected chi connectivity index (χ0v) is 20.2. The largest absolute Gasteiger partial charge is 0.483 e. The number of esters is 1. The van der Waals surface area contributed by atoms with Crippen molar-refractivity contribution in [3.63, 3.8) is 0 Å². The van der Waals surface area contributed by atoms with E-state index >= 15 is 0 Å². The first-order valence-electron chi connectivity index (χ1n) is 11.5. The highest BCUT2D eigenvalue weighted by Gasteiger charge is 2.33. The van der Waals surface area contributed by atoms with Crippen molar-refractivity contribution >= 4 is 23.6 Å². The third kappa shape index (κ3) is 6.00. The molecule has 1 aromatic heterocycles. The van der Waals surface area contributed by atoms with Crippen LogP contribution < -0.4 is 4.74 Å². The molecule has 0 unspecified atom stereocenters. The lowest BCUT2D eigenvalue weighted by Gasteiger charge is -2.33. The SMILES string of the molecule is CCOC(=O)[C@@H]1CCCCN1C(=O)CSc1nnc(COc2ccccc2F)n1-c1ccccc1. The predicted octanol–water partition coefficient (Wildman–Crippen LogP) is 4.02. The monoisotopic (exact) mass is 498 g/mol. The van der Waals surface area contributed by atoms with Gasteiger partial charge < -0.3 is 14.4 Å². The van der Waals surface area contributed by atoms with Gasteiger partial charge in [0.05, 0.1) is 12.4 Å². The zero-order valence-electron chi connectivity index (χ0n) is 19.4. The minimum absolute atomic E-state index is 0.00556. The number of piperidine rings is 1. The molecule has 35 heavy (non-hydrogen) atoms. The van der Waals surface area contributed by atoms with Gasteiger partial charge in [-0.05, 0) is 50.5 Å². The molecule has 1 saturated heterocycles. The van der Waals surface area contributed by atoms with E-state index in [0.717, 1.165) is 18.5 Å². The summed E-state index contributed by atoms with van der Waals surface area (Å²) in [5.41, 5.74) is 0.793. The number of rotatable bonds is 9. The van der Waals surface area contributed by atoms with E-state index in [9.17, 15) is 14.0 Å². The van der Waals surface area contributed by atoms with Crippen LogP contribution in [0.3, 0.4) is 0 Å². The van der Waals surface area contributed by atoms with Crippen molar-refractivity contribution in [2.75, 3.05) is 18.9 Å². The van der Waals surface area contributed by atoms with E-state index in [-0.39, 0.29) is 36.6 Å². The van der Waals surface area contributed by atoms with Crippen LogP contribution in [-0.4, -0.2) is 56.5 Å². The number of aromatic nitrogens is 3. The Morgan fingerprint density at radius 2 is 1.86 bits per heavy atom. The summed E-state index contributed by atoms with van der Waals surface area (Å²) in [4.78, 5) is 27.0. The van der Waals surface area contributed by atoms with Crippen LogP contribution >= 0.6 is 11.8 Å². The molecule has 0 spiro atoms. The molecule has 0 saturated carbocycles. The molecule has 1 amide bonds. The van der Waals surface area contributed by atoms with E-state index in [1.165, 1.54) is 17.8 Å². The third-order valence-electron chi connectivity index (χ3n) is 5.61. The Morgan fingerprint density at radius 1 is 1.09 bits per heavy atom. The first-order chi connectivity index (χ1) is 17.1. The van der Waals surface area contributed by atoms with E-state index in [1.807, 2.05) is 30.3 Å². The average molecular weight is 499 g/mol. The minimum atomic E-state index is -0.548. The first kappa shape index (κ1) is 24.7. The number of benzene rings is 2. The highest BCUT2D eigenvalue weighted by molar-refractivity contribution is 7.99. The van der Waals surface area contributed by atoms with Gasteiger partial charge in [-0.15, -0.1) is 10.2 Å². The summed E-state index contributed by atoms with van der Waals surface area (Å²) in [5.74, 6) is -0.290. The first-order valence-corrected chi connectivity index (χ1v) is 12.5. The fourth-order valence-corrected chi connectivity index (χ4v) is 4.81. The van der Waals surface area contributed by atoms with E-state index in [4.69, 9.17) is 9.47 Å². The van der Waals surface area contributed by atoms with Crippen molar-refractivity contribution in [2.45, 2.75) is 44.0 Å². The summed E-state index contributed by atoms with van der Waals surface area (Å²) in [6, 6.07) is 15.1. The third-order valence-corrected chi connectivity index (χ3v) is 6.53. The van der Waals surface area contributed by atoms with Gasteiger partial charge in [0.2, 0.25) is 5.91 Å². The number of hydrogen-bond acceptors (Lipinski definition) is 7. The molecule has 3 aromatic rings. The van der Waals surface area contributed by atoms with Crippen LogP contribution in [0, 0.1) is 5.82 Å². The van der Waals surface area contributed by atoms with E-state index in [2.05, 4.69) is 10.2 Å². The number of thioether (sulfide) groups is 1. The predicted molar refractivity (Wildman–Crippen MR) is 129 cm³/mol. The van der Waals surface area contributed by atoms with Gasteiger partial charge in [0.15, 0.2) is 22.5 Å². The second-order valence-corrected chi connectivity index (χ2v) is 8.87. The molecule has 184 valence electrons. The molecule has 2 heterocycles. The summed E-state index contributed by atoms with van der Waals surface area (Å²) >= 11 is 1.23. The number of ether oxygens (including phenoxy) is 2. The van der Waals surface area contributed by atoms with Gasteiger partial charge in [-0.25, -0.2) is 9.18 Å². The molecule has 0 bridgehead atoms. The lowest BCUT2D eigenvalue weighted by atomic mass is 10.0. The van der Waals surface area contributed by atoms with Gasteiger partial charge in [0, 0.05) is 12.2 Å². The Labute approximate surface area is 207 Å². The molecule has 4 rings (SSSR count). The van der Waals surface area contributed by atoms with Crippen molar-refractivity contribution in [2.24, 2.45) is 0 Å². The number of carbonyl (C=O) groups excluding carboxylic acids is 2. The molecular formula is C25H27FN4O4S. The molecule has 8 nitrogen and oxygen atoms in total. The summed E-state index contributed by atoms with van der Waals surface area (Å²) in [6.45, 7) is 2.56.